The van der Waals surface area contributed by atoms with Crippen molar-refractivity contribution < 1.29 is 0 Å². The summed E-state index contributed by atoms with van der Waals surface area (Å²) < 4.78 is 0. The van der Waals surface area contributed by atoms with Crippen molar-refractivity contribution in [1.29, 1.82) is 0 Å². The Balaban J connectivity index is 0.000000850. The molecule has 11 aromatic carbocycles. The van der Waals surface area contributed by atoms with E-state index < -0.39 is 10.8 Å². The van der Waals surface area contributed by atoms with Crippen LogP contribution in [0, 0.1) is 0 Å². The highest BCUT2D eigenvalue weighted by atomic mass is 15.1. The summed E-state index contributed by atoms with van der Waals surface area (Å²) in [6.45, 7) is 50.3. The molecule has 0 spiro atoms. The fourth-order valence-electron chi connectivity index (χ4n) is 14.5. The van der Waals surface area contributed by atoms with Gasteiger partial charge in [-0.1, -0.05) is 359 Å². The second-order valence-corrected chi connectivity index (χ2v) is 21.1. The first-order valence-corrected chi connectivity index (χ1v) is 38.3. The molecule has 11 aromatic rings. The van der Waals surface area contributed by atoms with Crippen LogP contribution in [0.2, 0.25) is 0 Å². The fraction of sp³-hybridized carbons (Fsp3) is 0.312. The largest absolute Gasteiger partial charge is 0.342 e. The Morgan fingerprint density at radius 3 is 0.776 bits per heavy atom. The summed E-state index contributed by atoms with van der Waals surface area (Å²) in [6, 6.07) is 97.1. The molecule has 2 heteroatoms. The van der Waals surface area contributed by atoms with Gasteiger partial charge in [0.1, 0.15) is 0 Å². The lowest BCUT2D eigenvalue weighted by atomic mass is 9.66. The minimum absolute atomic E-state index is 0.623. The molecule has 0 aliphatic heterocycles. The van der Waals surface area contributed by atoms with Gasteiger partial charge in [0.2, 0.25) is 0 Å². The monoisotopic (exact) mass is 1300 g/mol. The van der Waals surface area contributed by atoms with E-state index in [1.807, 2.05) is 152 Å². The maximum absolute atomic E-state index is 2.62. The summed E-state index contributed by atoms with van der Waals surface area (Å²) in [7, 11) is 0. The molecule has 98 heavy (non-hydrogen) atoms. The van der Waals surface area contributed by atoms with E-state index in [1.165, 1.54) is 134 Å². The number of hydrogen-bond donors (Lipinski definition) is 0. The predicted molar refractivity (Wildman–Crippen MR) is 441 cm³/mol. The number of nitrogens with zero attached hydrogens (tertiary/aromatic N) is 2. The Morgan fingerprint density at radius 1 is 0.235 bits per heavy atom. The minimum atomic E-state index is -0.623. The van der Waals surface area contributed by atoms with Gasteiger partial charge in [-0.3, -0.25) is 0 Å². The number of hydrogen-bond acceptors (Lipinski definition) is 2. The summed E-state index contributed by atoms with van der Waals surface area (Å²) in [6.07, 6.45) is 1.87. The summed E-state index contributed by atoms with van der Waals surface area (Å²) in [5.74, 6) is 0. The quantitative estimate of drug-likeness (QED) is 0.135. The Bertz CT molecular complexity index is 3740. The van der Waals surface area contributed by atoms with Crippen molar-refractivity contribution in [1.82, 2.24) is 0 Å². The molecule has 0 unspecified atom stereocenters. The van der Waals surface area contributed by atoms with E-state index >= 15 is 0 Å². The average Bonchev–Trinajstić information content (AvgIpc) is 1.51. The topological polar surface area (TPSA) is 6.48 Å². The van der Waals surface area contributed by atoms with Gasteiger partial charge in [0.05, 0.1) is 10.8 Å². The van der Waals surface area contributed by atoms with Crippen LogP contribution in [0.4, 0.5) is 22.7 Å². The highest BCUT2D eigenvalue weighted by Gasteiger charge is 2.52. The molecular weight excluding hydrogens is 1180 g/mol. The van der Waals surface area contributed by atoms with Gasteiger partial charge in [0, 0.05) is 48.7 Å². The third-order valence-corrected chi connectivity index (χ3v) is 17.7. The summed E-state index contributed by atoms with van der Waals surface area (Å²) in [4.78, 5) is 5.11. The van der Waals surface area contributed by atoms with Gasteiger partial charge in [-0.15, -0.1) is 0 Å². The van der Waals surface area contributed by atoms with Crippen LogP contribution in [0.1, 0.15) is 233 Å². The van der Waals surface area contributed by atoms with E-state index in [0.717, 1.165) is 25.9 Å². The second kappa shape index (κ2) is 41.3. The summed E-state index contributed by atoms with van der Waals surface area (Å²) in [5, 5.41) is 0. The van der Waals surface area contributed by atoms with E-state index in [4.69, 9.17) is 0 Å². The van der Waals surface area contributed by atoms with Gasteiger partial charge in [-0.2, -0.15) is 0 Å². The minimum Gasteiger partial charge on any atom is -0.342 e. The molecule has 4 aliphatic carbocycles. The molecule has 0 heterocycles. The van der Waals surface area contributed by atoms with Crippen LogP contribution in [0.25, 0.3) is 44.5 Å². The first-order valence-electron chi connectivity index (χ1n) is 38.3. The molecule has 0 bridgehead atoms. The number of rotatable bonds is 10. The van der Waals surface area contributed by atoms with Crippen molar-refractivity contribution in [3.63, 3.8) is 0 Å². The highest BCUT2D eigenvalue weighted by Crippen LogP contribution is 2.64. The normalized spacial score (nSPS) is 11.6. The Kier molecular flexibility index (Phi) is 34.3. The summed E-state index contributed by atoms with van der Waals surface area (Å²) >= 11 is 0. The third-order valence-electron chi connectivity index (χ3n) is 17.7. The Labute approximate surface area is 598 Å². The molecular formula is C96H122N2. The van der Waals surface area contributed by atoms with E-state index in [9.17, 15) is 0 Å². The van der Waals surface area contributed by atoms with Gasteiger partial charge >= 0.3 is 0 Å². The molecule has 0 amide bonds. The summed E-state index contributed by atoms with van der Waals surface area (Å²) in [5.41, 5.74) is 30.2. The lowest BCUT2D eigenvalue weighted by Gasteiger charge is -2.36. The SMILES string of the molecule is CC.CC.CC.CC.CC.CC.CC.CC.CC.CC.CC.CCN(c1ccc2c(c1)C(c1ccccc1)(c1ccccc1)c1cc3c(cc1-2)C(c1ccccc1)(c1ccccc1)c1cc(N(CC)c2cccc4c2Cc2ccccc2-4)ccc1-3)c1cccc2c1Cc1ccccc1-2. The van der Waals surface area contributed by atoms with Gasteiger partial charge in [0.15, 0.2) is 0 Å². The van der Waals surface area contributed by atoms with Gasteiger partial charge < -0.3 is 9.80 Å². The molecule has 4 aliphatic rings. The van der Waals surface area contributed by atoms with Crippen LogP contribution < -0.4 is 9.80 Å². The Hall–Kier alpha value is -8.98. The standard InChI is InChI=1S/C74H56N2.11C2H6/c1-3-75(71-37-21-35-59-57-33-19-17-23-49(57)43-65(59)71)55-39-41-61-63-47-70-64(48-69(63)73(67(61)45-55,51-25-9-5-10-26-51)52-27-11-6-12-28-52)62-42-40-56(46-68(62)74(70,53-29-13-7-14-30-53)54-31-15-8-16-32-54)76(4-2)72-38-22-36-60-58-34-20-18-24-50(58)44-66(60)72;11*1-2/h5-42,45-48H,3-4,43-44H2,1-2H3;11*1-2H3. The van der Waals surface area contributed by atoms with Crippen molar-refractivity contribution in [3.8, 4) is 44.5 Å². The van der Waals surface area contributed by atoms with E-state index in [1.54, 1.807) is 0 Å². The average molecular weight is 1300 g/mol. The van der Waals surface area contributed by atoms with Gasteiger partial charge in [0.25, 0.3) is 0 Å². The van der Waals surface area contributed by atoms with Crippen molar-refractivity contribution in [3.05, 3.63) is 322 Å². The van der Waals surface area contributed by atoms with Crippen molar-refractivity contribution >= 4 is 22.7 Å². The smallest absolute Gasteiger partial charge is 0.0714 e. The maximum Gasteiger partial charge on any atom is 0.0714 e. The zero-order chi connectivity index (χ0) is 72.5. The van der Waals surface area contributed by atoms with E-state index in [0.29, 0.717) is 0 Å². The van der Waals surface area contributed by atoms with Crippen molar-refractivity contribution in [2.45, 2.75) is 190 Å². The number of anilines is 4. The number of benzene rings is 11. The van der Waals surface area contributed by atoms with Crippen LogP contribution in [-0.2, 0) is 23.7 Å². The molecule has 0 N–H and O–H groups in total. The van der Waals surface area contributed by atoms with Crippen molar-refractivity contribution in [2.75, 3.05) is 22.9 Å². The zero-order valence-electron chi connectivity index (χ0n) is 65.0. The van der Waals surface area contributed by atoms with Gasteiger partial charge in [-0.25, -0.2) is 0 Å². The molecule has 516 valence electrons. The maximum atomic E-state index is 2.62. The van der Waals surface area contributed by atoms with Gasteiger partial charge in [-0.05, 0) is 174 Å². The van der Waals surface area contributed by atoms with E-state index in [2.05, 4.69) is 278 Å². The third kappa shape index (κ3) is 15.0. The molecule has 0 aromatic heterocycles. The molecule has 2 nitrogen and oxygen atoms in total. The first-order chi connectivity index (χ1) is 48.6. The highest BCUT2D eigenvalue weighted by molar-refractivity contribution is 5.97. The van der Waals surface area contributed by atoms with E-state index in [-0.39, 0.29) is 0 Å². The van der Waals surface area contributed by atoms with Crippen LogP contribution >= 0.6 is 0 Å². The van der Waals surface area contributed by atoms with Crippen molar-refractivity contribution in [2.24, 2.45) is 0 Å². The van der Waals surface area contributed by atoms with Crippen LogP contribution in [0.5, 0.6) is 0 Å². The van der Waals surface area contributed by atoms with Crippen LogP contribution in [0.15, 0.2) is 255 Å². The first kappa shape index (κ1) is 81.4. The molecule has 15 rings (SSSR count). The lowest BCUT2D eigenvalue weighted by molar-refractivity contribution is 0.758. The molecule has 0 radical (unpaired) electrons. The lowest BCUT2D eigenvalue weighted by Crippen LogP contribution is -2.30. The number of fused-ring (bicyclic) bond motifs is 12. The second-order valence-electron chi connectivity index (χ2n) is 21.1. The molecule has 0 atom stereocenters. The molecule has 0 saturated heterocycles. The fourth-order valence-corrected chi connectivity index (χ4v) is 14.5. The van der Waals surface area contributed by atoms with Crippen LogP contribution in [-0.4, -0.2) is 13.1 Å². The molecule has 0 fully saturated rings. The predicted octanol–water partition coefficient (Wildman–Crippen LogP) is 29.2. The zero-order valence-corrected chi connectivity index (χ0v) is 65.0. The molecule has 0 saturated carbocycles. The van der Waals surface area contributed by atoms with Crippen LogP contribution in [0.3, 0.4) is 0 Å². The Morgan fingerprint density at radius 2 is 0.490 bits per heavy atom.